The van der Waals surface area contributed by atoms with Crippen LogP contribution in [0.1, 0.15) is 0 Å². The Morgan fingerprint density at radius 2 is 2.29 bits per heavy atom. The molecule has 0 radical (unpaired) electrons. The lowest BCUT2D eigenvalue weighted by atomic mass is 10.6. The van der Waals surface area contributed by atoms with Crippen LogP contribution in [0.25, 0.3) is 0 Å². The normalized spacial score (nSPS) is 10.3. The Morgan fingerprint density at radius 3 is 2.43 bits per heavy atom. The van der Waals surface area contributed by atoms with Crippen LogP contribution in [-0.4, -0.2) is 32.2 Å². The van der Waals surface area contributed by atoms with Gasteiger partial charge in [0.1, 0.15) is 0 Å². The van der Waals surface area contributed by atoms with Gasteiger partial charge >= 0.3 is 0 Å². The molecule has 3 nitrogen and oxygen atoms in total. The molecule has 0 aliphatic rings. The average molecular weight is 103 g/mol. The molecule has 0 unspecified atom stereocenters. The summed E-state index contributed by atoms with van der Waals surface area (Å²) in [6.07, 6.45) is 0. The smallest absolute Gasteiger partial charge is 0.0250 e. The van der Waals surface area contributed by atoms with Gasteiger partial charge in [-0.2, -0.15) is 0 Å². The molecule has 0 aliphatic heterocycles. The average Bonchev–Trinajstić information content (AvgIpc) is 1.61. The molecule has 0 spiro atoms. The van der Waals surface area contributed by atoms with Crippen LogP contribution >= 0.6 is 0 Å². The second kappa shape index (κ2) is 4.05. The van der Waals surface area contributed by atoms with Crippen molar-refractivity contribution in [2.75, 3.05) is 27.2 Å². The Labute approximate surface area is 44.5 Å². The zero-order valence-electron chi connectivity index (χ0n) is 4.94. The molecule has 3 heteroatoms. The fourth-order valence-electron chi connectivity index (χ4n) is 0.288. The van der Waals surface area contributed by atoms with Crippen LogP contribution in [0.2, 0.25) is 0 Å². The molecule has 0 aromatic rings. The summed E-state index contributed by atoms with van der Waals surface area (Å²) >= 11 is 0. The lowest BCUT2D eigenvalue weighted by Gasteiger charge is -2.06. The first-order valence-corrected chi connectivity index (χ1v) is 2.38. The van der Waals surface area contributed by atoms with Crippen LogP contribution in [0.15, 0.2) is 0 Å². The quantitative estimate of drug-likeness (QED) is 0.356. The second-order valence-corrected chi connectivity index (χ2v) is 1.58. The van der Waals surface area contributed by atoms with E-state index in [4.69, 9.17) is 5.84 Å². The highest BCUT2D eigenvalue weighted by molar-refractivity contribution is 4.40. The van der Waals surface area contributed by atoms with Crippen LogP contribution in [-0.2, 0) is 0 Å². The number of likely N-dealkylation sites (N-methyl/N-ethyl adjacent to an activating group) is 2. The predicted molar refractivity (Wildman–Crippen MR) is 30.7 cm³/mol. The third kappa shape index (κ3) is 5.88. The van der Waals surface area contributed by atoms with E-state index >= 15 is 0 Å². The summed E-state index contributed by atoms with van der Waals surface area (Å²) in [5.41, 5.74) is 0. The number of rotatable bonds is 3. The molecule has 3 N–H and O–H groups in total. The van der Waals surface area contributed by atoms with Gasteiger partial charge in [0.25, 0.3) is 0 Å². The predicted octanol–water partition coefficient (Wildman–Crippen LogP) is -0.989. The van der Waals surface area contributed by atoms with E-state index in [9.17, 15) is 0 Å². The summed E-state index contributed by atoms with van der Waals surface area (Å²) in [5.74, 6) is 5.27. The number of hydrogen-bond donors (Lipinski definition) is 2. The van der Waals surface area contributed by atoms with Gasteiger partial charge in [0, 0.05) is 20.1 Å². The van der Waals surface area contributed by atoms with Crippen molar-refractivity contribution in [3.05, 3.63) is 0 Å². The van der Waals surface area contributed by atoms with Crippen LogP contribution in [0.3, 0.4) is 0 Å². The summed E-state index contributed by atoms with van der Waals surface area (Å²) in [5, 5.41) is 4.63. The second-order valence-electron chi connectivity index (χ2n) is 1.58. The molecular formula is C4H13N3. The number of nitrogens with zero attached hydrogens (tertiary/aromatic N) is 1. The molecule has 0 amide bonds. The molecule has 0 saturated carbocycles. The van der Waals surface area contributed by atoms with Crippen molar-refractivity contribution in [1.29, 1.82) is 0 Å². The van der Waals surface area contributed by atoms with Gasteiger partial charge in [-0.15, -0.1) is 0 Å². The van der Waals surface area contributed by atoms with E-state index in [1.807, 2.05) is 14.1 Å². The Morgan fingerprint density at radius 1 is 1.71 bits per heavy atom. The van der Waals surface area contributed by atoms with Gasteiger partial charge in [0.05, 0.1) is 0 Å². The van der Waals surface area contributed by atoms with E-state index in [0.717, 1.165) is 13.1 Å². The molecule has 0 rings (SSSR count). The zero-order valence-corrected chi connectivity index (χ0v) is 4.94. The van der Waals surface area contributed by atoms with Crippen molar-refractivity contribution in [3.8, 4) is 0 Å². The van der Waals surface area contributed by atoms with Crippen molar-refractivity contribution in [2.45, 2.75) is 0 Å². The Bertz CT molecular complexity index is 35.9. The molecular weight excluding hydrogens is 90.1 g/mol. The van der Waals surface area contributed by atoms with Crippen LogP contribution in [0.4, 0.5) is 0 Å². The summed E-state index contributed by atoms with van der Waals surface area (Å²) in [6, 6.07) is 0. The van der Waals surface area contributed by atoms with Gasteiger partial charge in [-0.3, -0.25) is 5.84 Å². The monoisotopic (exact) mass is 103 g/mol. The first-order valence-electron chi connectivity index (χ1n) is 2.38. The largest absolute Gasteiger partial charge is 0.318 e. The highest BCUT2D eigenvalue weighted by Gasteiger charge is 1.83. The Hall–Kier alpha value is -0.120. The molecule has 0 aliphatic carbocycles. The number of nitrogens with two attached hydrogens (primary N) is 1. The minimum atomic E-state index is 0.899. The third-order valence-electron chi connectivity index (χ3n) is 0.715. The Balaban J connectivity index is 2.68. The van der Waals surface area contributed by atoms with Gasteiger partial charge < -0.3 is 5.32 Å². The lowest BCUT2D eigenvalue weighted by Crippen LogP contribution is -2.32. The summed E-state index contributed by atoms with van der Waals surface area (Å²) in [6.45, 7) is 1.85. The fraction of sp³-hybridized carbons (Fsp3) is 1.00. The van der Waals surface area contributed by atoms with Gasteiger partial charge in [-0.1, -0.05) is 0 Å². The maximum absolute atomic E-state index is 5.27. The van der Waals surface area contributed by atoms with Crippen LogP contribution in [0, 0.1) is 0 Å². The van der Waals surface area contributed by atoms with E-state index in [1.165, 1.54) is 0 Å². The first kappa shape index (κ1) is 6.88. The van der Waals surface area contributed by atoms with E-state index in [-0.39, 0.29) is 0 Å². The van der Waals surface area contributed by atoms with Crippen LogP contribution < -0.4 is 11.2 Å². The molecule has 0 heterocycles. The third-order valence-corrected chi connectivity index (χ3v) is 0.715. The molecule has 0 aromatic carbocycles. The van der Waals surface area contributed by atoms with Crippen molar-refractivity contribution >= 4 is 0 Å². The number of hydrazine groups is 1. The molecule has 0 saturated heterocycles. The number of hydrogen-bond acceptors (Lipinski definition) is 3. The van der Waals surface area contributed by atoms with Crippen molar-refractivity contribution in [3.63, 3.8) is 0 Å². The minimum absolute atomic E-state index is 0.899. The first-order chi connectivity index (χ1) is 3.27. The van der Waals surface area contributed by atoms with Crippen molar-refractivity contribution in [1.82, 2.24) is 10.3 Å². The van der Waals surface area contributed by atoms with Crippen molar-refractivity contribution in [2.24, 2.45) is 5.84 Å². The maximum atomic E-state index is 5.27. The maximum Gasteiger partial charge on any atom is 0.0250 e. The minimum Gasteiger partial charge on any atom is -0.318 e. The molecule has 7 heavy (non-hydrogen) atoms. The molecule has 0 aromatic heterocycles. The van der Waals surface area contributed by atoms with Gasteiger partial charge in [-0.25, -0.2) is 5.01 Å². The molecule has 0 atom stereocenters. The van der Waals surface area contributed by atoms with E-state index in [1.54, 1.807) is 5.01 Å². The van der Waals surface area contributed by atoms with E-state index < -0.39 is 0 Å². The highest BCUT2D eigenvalue weighted by atomic mass is 15.4. The van der Waals surface area contributed by atoms with Gasteiger partial charge in [-0.05, 0) is 7.05 Å². The Kier molecular flexibility index (Phi) is 3.98. The fourth-order valence-corrected chi connectivity index (χ4v) is 0.288. The van der Waals surface area contributed by atoms with Gasteiger partial charge in [0.2, 0.25) is 0 Å². The molecule has 0 bridgehead atoms. The zero-order chi connectivity index (χ0) is 5.70. The highest BCUT2D eigenvalue weighted by Crippen LogP contribution is 1.61. The van der Waals surface area contributed by atoms with Crippen molar-refractivity contribution < 1.29 is 0 Å². The summed E-state index contributed by atoms with van der Waals surface area (Å²) < 4.78 is 0. The van der Waals surface area contributed by atoms with E-state index in [2.05, 4.69) is 5.32 Å². The molecule has 0 fully saturated rings. The van der Waals surface area contributed by atoms with E-state index in [0.29, 0.717) is 0 Å². The van der Waals surface area contributed by atoms with Crippen LogP contribution in [0.5, 0.6) is 0 Å². The standard InChI is InChI=1S/C4H13N3/c1-6-3-4-7(2)5/h6H,3-5H2,1-2H3. The lowest BCUT2D eigenvalue weighted by molar-refractivity contribution is 0.350. The van der Waals surface area contributed by atoms with Gasteiger partial charge in [0.15, 0.2) is 0 Å². The number of nitrogens with one attached hydrogen (secondary N) is 1. The summed E-state index contributed by atoms with van der Waals surface area (Å²) in [4.78, 5) is 0. The SMILES string of the molecule is CNCCN(C)N. The molecule has 44 valence electrons. The topological polar surface area (TPSA) is 41.3 Å². The summed E-state index contributed by atoms with van der Waals surface area (Å²) in [7, 11) is 3.75.